The maximum atomic E-state index is 10.3. The van der Waals surface area contributed by atoms with Crippen LogP contribution in [-0.2, 0) is 9.47 Å². The first-order chi connectivity index (χ1) is 7.20. The van der Waals surface area contributed by atoms with Crippen LogP contribution in [-0.4, -0.2) is 36.6 Å². The molecule has 90 valence electrons. The van der Waals surface area contributed by atoms with E-state index in [2.05, 4.69) is 13.8 Å². The summed E-state index contributed by atoms with van der Waals surface area (Å²) in [5.41, 5.74) is -0.646. The quantitative estimate of drug-likeness (QED) is 0.691. The van der Waals surface area contributed by atoms with Gasteiger partial charge in [-0.15, -0.1) is 0 Å². The van der Waals surface area contributed by atoms with Crippen LogP contribution in [0.4, 0.5) is 0 Å². The Bertz CT molecular complexity index is 170. The molecule has 2 unspecified atom stereocenters. The number of rotatable bonds is 6. The summed E-state index contributed by atoms with van der Waals surface area (Å²) >= 11 is 0. The van der Waals surface area contributed by atoms with Crippen molar-refractivity contribution < 1.29 is 14.6 Å². The highest BCUT2D eigenvalue weighted by Gasteiger charge is 2.34. The predicted octanol–water partition coefficient (Wildman–Crippen LogP) is 2.12. The van der Waals surface area contributed by atoms with E-state index in [0.717, 1.165) is 32.3 Å². The van der Waals surface area contributed by atoms with Gasteiger partial charge < -0.3 is 14.6 Å². The Morgan fingerprint density at radius 1 is 1.40 bits per heavy atom. The third-order valence-corrected chi connectivity index (χ3v) is 2.86. The van der Waals surface area contributed by atoms with Gasteiger partial charge in [-0.1, -0.05) is 20.3 Å². The van der Waals surface area contributed by atoms with Gasteiger partial charge in [0, 0.05) is 26.1 Å². The van der Waals surface area contributed by atoms with Crippen LogP contribution in [0.2, 0.25) is 0 Å². The third kappa shape index (κ3) is 4.49. The number of aliphatic hydroxyl groups is 1. The van der Waals surface area contributed by atoms with Gasteiger partial charge in [-0.05, 0) is 12.8 Å². The molecule has 0 aromatic rings. The number of hydrogen-bond donors (Lipinski definition) is 1. The Balaban J connectivity index is 2.31. The molecule has 0 saturated carbocycles. The fraction of sp³-hybridized carbons (Fsp3) is 1.00. The summed E-state index contributed by atoms with van der Waals surface area (Å²) in [7, 11) is 0. The van der Waals surface area contributed by atoms with Crippen molar-refractivity contribution in [2.45, 2.75) is 57.7 Å². The maximum absolute atomic E-state index is 10.3. The summed E-state index contributed by atoms with van der Waals surface area (Å²) in [6.07, 6.45) is 4.80. The molecule has 1 aliphatic heterocycles. The van der Waals surface area contributed by atoms with Gasteiger partial charge in [0.2, 0.25) is 0 Å². The molecule has 15 heavy (non-hydrogen) atoms. The zero-order valence-corrected chi connectivity index (χ0v) is 10.00. The third-order valence-electron chi connectivity index (χ3n) is 2.86. The van der Waals surface area contributed by atoms with E-state index in [0.29, 0.717) is 19.6 Å². The topological polar surface area (TPSA) is 38.7 Å². The molecule has 3 nitrogen and oxygen atoms in total. The highest BCUT2D eigenvalue weighted by atomic mass is 16.5. The monoisotopic (exact) mass is 216 g/mol. The SMILES string of the molecule is CCCOCC1(O)CCOC(CCC)C1. The molecular formula is C12H24O3. The van der Waals surface area contributed by atoms with Gasteiger partial charge in [-0.2, -0.15) is 0 Å². The molecule has 1 rings (SSSR count). The van der Waals surface area contributed by atoms with Gasteiger partial charge in [-0.25, -0.2) is 0 Å². The Morgan fingerprint density at radius 2 is 2.20 bits per heavy atom. The minimum atomic E-state index is -0.646. The molecule has 0 bridgehead atoms. The largest absolute Gasteiger partial charge is 0.387 e. The molecule has 2 atom stereocenters. The summed E-state index contributed by atoms with van der Waals surface area (Å²) in [5.74, 6) is 0. The van der Waals surface area contributed by atoms with Crippen LogP contribution in [0.1, 0.15) is 46.0 Å². The molecule has 0 aliphatic carbocycles. The van der Waals surface area contributed by atoms with Crippen molar-refractivity contribution in [2.24, 2.45) is 0 Å². The summed E-state index contributed by atoms with van der Waals surface area (Å²) in [6, 6.07) is 0. The van der Waals surface area contributed by atoms with E-state index in [1.165, 1.54) is 0 Å². The summed E-state index contributed by atoms with van der Waals surface area (Å²) in [4.78, 5) is 0. The average molecular weight is 216 g/mol. The first kappa shape index (κ1) is 12.9. The van der Waals surface area contributed by atoms with Crippen molar-refractivity contribution in [2.75, 3.05) is 19.8 Å². The van der Waals surface area contributed by atoms with E-state index in [1.54, 1.807) is 0 Å². The van der Waals surface area contributed by atoms with Crippen molar-refractivity contribution in [3.8, 4) is 0 Å². The zero-order chi connectivity index (χ0) is 11.1. The molecule has 0 spiro atoms. The predicted molar refractivity (Wildman–Crippen MR) is 59.9 cm³/mol. The van der Waals surface area contributed by atoms with Crippen LogP contribution in [0, 0.1) is 0 Å². The standard InChI is InChI=1S/C12H24O3/c1-3-5-11-9-12(13,6-8-15-11)10-14-7-4-2/h11,13H,3-10H2,1-2H3. The Hall–Kier alpha value is -0.120. The highest BCUT2D eigenvalue weighted by Crippen LogP contribution is 2.27. The molecule has 1 N–H and O–H groups in total. The average Bonchev–Trinajstić information content (AvgIpc) is 2.18. The first-order valence-electron chi connectivity index (χ1n) is 6.12. The van der Waals surface area contributed by atoms with Crippen LogP contribution in [0.5, 0.6) is 0 Å². The second-order valence-electron chi connectivity index (χ2n) is 4.51. The van der Waals surface area contributed by atoms with Crippen molar-refractivity contribution in [1.82, 2.24) is 0 Å². The second-order valence-corrected chi connectivity index (χ2v) is 4.51. The van der Waals surface area contributed by atoms with E-state index >= 15 is 0 Å². The molecule has 1 heterocycles. The molecule has 1 fully saturated rings. The van der Waals surface area contributed by atoms with Gasteiger partial charge in [0.15, 0.2) is 0 Å². The summed E-state index contributed by atoms with van der Waals surface area (Å²) in [5, 5.41) is 10.3. The lowest BCUT2D eigenvalue weighted by Gasteiger charge is -2.36. The van der Waals surface area contributed by atoms with Crippen LogP contribution in [0.25, 0.3) is 0 Å². The lowest BCUT2D eigenvalue weighted by molar-refractivity contribution is -0.136. The van der Waals surface area contributed by atoms with Gasteiger partial charge in [0.25, 0.3) is 0 Å². The van der Waals surface area contributed by atoms with Crippen LogP contribution < -0.4 is 0 Å². The molecule has 0 amide bonds. The smallest absolute Gasteiger partial charge is 0.0926 e. The van der Waals surface area contributed by atoms with Crippen LogP contribution >= 0.6 is 0 Å². The van der Waals surface area contributed by atoms with E-state index < -0.39 is 5.60 Å². The molecule has 0 aromatic carbocycles. The normalized spacial score (nSPS) is 31.8. The number of hydrogen-bond acceptors (Lipinski definition) is 3. The Morgan fingerprint density at radius 3 is 2.87 bits per heavy atom. The molecule has 3 heteroatoms. The molecule has 1 saturated heterocycles. The minimum absolute atomic E-state index is 0.221. The zero-order valence-electron chi connectivity index (χ0n) is 10.00. The van der Waals surface area contributed by atoms with Crippen LogP contribution in [0.3, 0.4) is 0 Å². The van der Waals surface area contributed by atoms with E-state index in [-0.39, 0.29) is 6.10 Å². The van der Waals surface area contributed by atoms with E-state index in [9.17, 15) is 5.11 Å². The van der Waals surface area contributed by atoms with Crippen molar-refractivity contribution in [3.05, 3.63) is 0 Å². The molecule has 1 aliphatic rings. The van der Waals surface area contributed by atoms with Crippen LogP contribution in [0.15, 0.2) is 0 Å². The molecule has 0 aromatic heterocycles. The minimum Gasteiger partial charge on any atom is -0.387 e. The van der Waals surface area contributed by atoms with Gasteiger partial charge in [0.1, 0.15) is 0 Å². The van der Waals surface area contributed by atoms with Crippen molar-refractivity contribution in [3.63, 3.8) is 0 Å². The second kappa shape index (κ2) is 6.46. The first-order valence-corrected chi connectivity index (χ1v) is 6.12. The van der Waals surface area contributed by atoms with Gasteiger partial charge >= 0.3 is 0 Å². The maximum Gasteiger partial charge on any atom is 0.0926 e. The van der Waals surface area contributed by atoms with Crippen molar-refractivity contribution in [1.29, 1.82) is 0 Å². The summed E-state index contributed by atoms with van der Waals surface area (Å²) < 4.78 is 11.1. The molecule has 0 radical (unpaired) electrons. The highest BCUT2D eigenvalue weighted by molar-refractivity contribution is 4.85. The Kier molecular flexibility index (Phi) is 5.58. The van der Waals surface area contributed by atoms with Gasteiger partial charge in [-0.3, -0.25) is 0 Å². The number of ether oxygens (including phenoxy) is 2. The van der Waals surface area contributed by atoms with E-state index in [4.69, 9.17) is 9.47 Å². The lowest BCUT2D eigenvalue weighted by Crippen LogP contribution is -2.44. The van der Waals surface area contributed by atoms with Crippen molar-refractivity contribution >= 4 is 0 Å². The fourth-order valence-electron chi connectivity index (χ4n) is 2.05. The van der Waals surface area contributed by atoms with E-state index in [1.807, 2.05) is 0 Å². The lowest BCUT2D eigenvalue weighted by atomic mass is 9.89. The van der Waals surface area contributed by atoms with Gasteiger partial charge in [0.05, 0.1) is 18.3 Å². The Labute approximate surface area is 92.8 Å². The molecular weight excluding hydrogens is 192 g/mol. The fourth-order valence-corrected chi connectivity index (χ4v) is 2.05. The summed E-state index contributed by atoms with van der Waals surface area (Å²) in [6.45, 7) is 6.08.